The minimum Gasteiger partial charge on any atom is -0.344 e. The maximum Gasteiger partial charge on any atom is 0.223 e. The molecule has 0 saturated carbocycles. The van der Waals surface area contributed by atoms with Gasteiger partial charge in [-0.3, -0.25) is 4.79 Å². The number of benzene rings is 2. The molecule has 0 bridgehead atoms. The molecule has 0 aliphatic carbocycles. The molecular formula is C22H23FN2O. The van der Waals surface area contributed by atoms with Crippen LogP contribution in [-0.4, -0.2) is 18.1 Å². The van der Waals surface area contributed by atoms with E-state index in [0.717, 1.165) is 16.8 Å². The standard InChI is InChI=1S/C22H23FN2O/c1-15-4-6-16(7-5-15)10-12-22-21(2,3)18-14-17(23)8-9-19(18)25(22)13-11-20(26)24-22/h4-10,12,14H,11,13H2,1-3H3,(H,24,26)/b12-10+. The van der Waals surface area contributed by atoms with Crippen molar-refractivity contribution in [1.29, 1.82) is 0 Å². The predicted molar refractivity (Wildman–Crippen MR) is 102 cm³/mol. The Hall–Kier alpha value is -2.62. The van der Waals surface area contributed by atoms with Crippen LogP contribution in [0.4, 0.5) is 10.1 Å². The normalized spacial score (nSPS) is 23.7. The SMILES string of the molecule is Cc1ccc(/C=C/C23NC(=O)CCN2c2ccc(F)cc2C3(C)C)cc1. The number of carbonyl (C=O) groups is 1. The van der Waals surface area contributed by atoms with E-state index in [2.05, 4.69) is 61.3 Å². The average molecular weight is 350 g/mol. The molecule has 1 unspecified atom stereocenters. The fraction of sp³-hybridized carbons (Fsp3) is 0.318. The summed E-state index contributed by atoms with van der Waals surface area (Å²) in [5, 5.41) is 3.21. The van der Waals surface area contributed by atoms with Crippen molar-refractivity contribution < 1.29 is 9.18 Å². The maximum atomic E-state index is 13.9. The highest BCUT2D eigenvalue weighted by molar-refractivity contribution is 5.84. The first kappa shape index (κ1) is 16.8. The summed E-state index contributed by atoms with van der Waals surface area (Å²) in [4.78, 5) is 14.5. The van der Waals surface area contributed by atoms with Crippen LogP contribution in [0.25, 0.3) is 6.08 Å². The number of carbonyl (C=O) groups excluding carboxylic acids is 1. The fourth-order valence-corrected chi connectivity index (χ4v) is 4.22. The van der Waals surface area contributed by atoms with Gasteiger partial charge in [-0.15, -0.1) is 0 Å². The molecule has 0 aromatic heterocycles. The molecule has 2 aliphatic rings. The zero-order valence-electron chi connectivity index (χ0n) is 15.3. The van der Waals surface area contributed by atoms with E-state index in [9.17, 15) is 9.18 Å². The van der Waals surface area contributed by atoms with Gasteiger partial charge in [0.1, 0.15) is 11.5 Å². The molecule has 2 aromatic rings. The van der Waals surface area contributed by atoms with Gasteiger partial charge in [-0.05, 0) is 42.3 Å². The Balaban J connectivity index is 1.84. The minimum atomic E-state index is -0.705. The molecule has 2 aliphatic heterocycles. The fourth-order valence-electron chi connectivity index (χ4n) is 4.22. The number of halogens is 1. The number of amides is 1. The number of nitrogens with one attached hydrogen (secondary N) is 1. The minimum absolute atomic E-state index is 0.0242. The first-order valence-corrected chi connectivity index (χ1v) is 8.98. The van der Waals surface area contributed by atoms with E-state index in [4.69, 9.17) is 0 Å². The van der Waals surface area contributed by atoms with Crippen molar-refractivity contribution in [1.82, 2.24) is 5.32 Å². The van der Waals surface area contributed by atoms with E-state index in [1.807, 2.05) is 12.1 Å². The average Bonchev–Trinajstić information content (AvgIpc) is 2.79. The van der Waals surface area contributed by atoms with Crippen molar-refractivity contribution >= 4 is 17.7 Å². The lowest BCUT2D eigenvalue weighted by Crippen LogP contribution is -2.68. The van der Waals surface area contributed by atoms with Gasteiger partial charge in [0.25, 0.3) is 0 Å². The first-order valence-electron chi connectivity index (χ1n) is 8.98. The van der Waals surface area contributed by atoms with Gasteiger partial charge in [0.05, 0.1) is 0 Å². The lowest BCUT2D eigenvalue weighted by atomic mass is 9.74. The number of hydrogen-bond donors (Lipinski definition) is 1. The second-order valence-corrected chi connectivity index (χ2v) is 7.75. The second-order valence-electron chi connectivity index (χ2n) is 7.75. The van der Waals surface area contributed by atoms with Crippen molar-refractivity contribution in [2.75, 3.05) is 11.4 Å². The molecule has 1 N–H and O–H groups in total. The van der Waals surface area contributed by atoms with E-state index in [-0.39, 0.29) is 11.7 Å². The molecular weight excluding hydrogens is 327 g/mol. The zero-order valence-corrected chi connectivity index (χ0v) is 15.3. The summed E-state index contributed by atoms with van der Waals surface area (Å²) >= 11 is 0. The molecule has 4 rings (SSSR count). The number of fused-ring (bicyclic) bond motifs is 3. The van der Waals surface area contributed by atoms with E-state index in [1.165, 1.54) is 11.6 Å². The highest BCUT2D eigenvalue weighted by Gasteiger charge is 2.57. The van der Waals surface area contributed by atoms with Gasteiger partial charge in [0.15, 0.2) is 0 Å². The van der Waals surface area contributed by atoms with Crippen LogP contribution in [0.1, 0.15) is 37.0 Å². The third-order valence-electron chi connectivity index (χ3n) is 5.79. The van der Waals surface area contributed by atoms with Gasteiger partial charge < -0.3 is 10.2 Å². The molecule has 1 saturated heterocycles. The van der Waals surface area contributed by atoms with Gasteiger partial charge >= 0.3 is 0 Å². The van der Waals surface area contributed by atoms with E-state index in [0.29, 0.717) is 13.0 Å². The van der Waals surface area contributed by atoms with Crippen molar-refractivity contribution in [2.24, 2.45) is 0 Å². The molecule has 0 spiro atoms. The Kier molecular flexibility index (Phi) is 3.69. The summed E-state index contributed by atoms with van der Waals surface area (Å²) in [7, 11) is 0. The summed E-state index contributed by atoms with van der Waals surface area (Å²) in [6, 6.07) is 13.2. The Morgan fingerprint density at radius 1 is 1.15 bits per heavy atom. The quantitative estimate of drug-likeness (QED) is 0.882. The van der Waals surface area contributed by atoms with Crippen molar-refractivity contribution in [3.8, 4) is 0 Å². The van der Waals surface area contributed by atoms with Crippen LogP contribution in [-0.2, 0) is 10.2 Å². The Morgan fingerprint density at radius 3 is 2.62 bits per heavy atom. The molecule has 0 radical (unpaired) electrons. The van der Waals surface area contributed by atoms with Crippen LogP contribution < -0.4 is 10.2 Å². The molecule has 1 amide bonds. The van der Waals surface area contributed by atoms with Gasteiger partial charge in [-0.1, -0.05) is 49.8 Å². The smallest absolute Gasteiger partial charge is 0.223 e. The number of anilines is 1. The van der Waals surface area contributed by atoms with Crippen LogP contribution in [0.5, 0.6) is 0 Å². The van der Waals surface area contributed by atoms with Crippen molar-refractivity contribution in [3.63, 3.8) is 0 Å². The maximum absolute atomic E-state index is 13.9. The number of rotatable bonds is 2. The summed E-state index contributed by atoms with van der Waals surface area (Å²) in [5.41, 5.74) is 3.02. The van der Waals surface area contributed by atoms with E-state index < -0.39 is 11.1 Å². The highest BCUT2D eigenvalue weighted by atomic mass is 19.1. The van der Waals surface area contributed by atoms with Crippen molar-refractivity contribution in [3.05, 3.63) is 71.0 Å². The largest absolute Gasteiger partial charge is 0.344 e. The Bertz CT molecular complexity index is 901. The van der Waals surface area contributed by atoms with Gasteiger partial charge in [0.2, 0.25) is 5.91 Å². The zero-order chi connectivity index (χ0) is 18.5. The van der Waals surface area contributed by atoms with E-state index in [1.54, 1.807) is 6.07 Å². The predicted octanol–water partition coefficient (Wildman–Crippen LogP) is 4.16. The molecule has 2 heterocycles. The molecule has 2 aromatic carbocycles. The van der Waals surface area contributed by atoms with E-state index >= 15 is 0 Å². The summed E-state index contributed by atoms with van der Waals surface area (Å²) in [6.07, 6.45) is 4.54. The lowest BCUT2D eigenvalue weighted by Gasteiger charge is -2.49. The highest BCUT2D eigenvalue weighted by Crippen LogP contribution is 2.52. The molecule has 1 fully saturated rings. The second kappa shape index (κ2) is 5.70. The van der Waals surface area contributed by atoms with Crippen molar-refractivity contribution in [2.45, 2.75) is 38.3 Å². The Labute approximate surface area is 153 Å². The van der Waals surface area contributed by atoms with Gasteiger partial charge in [-0.2, -0.15) is 0 Å². The topological polar surface area (TPSA) is 32.3 Å². The molecule has 3 nitrogen and oxygen atoms in total. The Morgan fingerprint density at radius 2 is 1.88 bits per heavy atom. The first-order chi connectivity index (χ1) is 12.3. The van der Waals surface area contributed by atoms with Crippen LogP contribution in [0, 0.1) is 12.7 Å². The molecule has 1 atom stereocenters. The summed E-state index contributed by atoms with van der Waals surface area (Å²) in [6.45, 7) is 6.80. The third kappa shape index (κ3) is 2.36. The molecule has 4 heteroatoms. The molecule has 134 valence electrons. The number of hydrogen-bond acceptors (Lipinski definition) is 2. The summed E-state index contributed by atoms with van der Waals surface area (Å²) < 4.78 is 13.9. The van der Waals surface area contributed by atoms with Crippen LogP contribution >= 0.6 is 0 Å². The van der Waals surface area contributed by atoms with Gasteiger partial charge in [0, 0.05) is 24.1 Å². The third-order valence-corrected chi connectivity index (χ3v) is 5.79. The monoisotopic (exact) mass is 350 g/mol. The lowest BCUT2D eigenvalue weighted by molar-refractivity contribution is -0.124. The number of nitrogens with zero attached hydrogens (tertiary/aromatic N) is 1. The van der Waals surface area contributed by atoms with Crippen LogP contribution in [0.2, 0.25) is 0 Å². The van der Waals surface area contributed by atoms with Gasteiger partial charge in [-0.25, -0.2) is 4.39 Å². The summed E-state index contributed by atoms with van der Waals surface area (Å²) in [5.74, 6) is -0.225. The van der Waals surface area contributed by atoms with Crippen LogP contribution in [0.15, 0.2) is 48.5 Å². The molecule has 26 heavy (non-hydrogen) atoms. The van der Waals surface area contributed by atoms with Crippen LogP contribution in [0.3, 0.4) is 0 Å². The number of aryl methyl sites for hydroxylation is 1.